The van der Waals surface area contributed by atoms with Crippen LogP contribution in [0, 0.1) is 24.0 Å². The Morgan fingerprint density at radius 2 is 1.83 bits per heavy atom. The number of hydrogen-bond donors (Lipinski definition) is 3. The highest BCUT2D eigenvalue weighted by atomic mass is 16.6. The lowest BCUT2D eigenvalue weighted by Crippen LogP contribution is -2.27. The molecule has 0 unspecified atom stereocenters. The van der Waals surface area contributed by atoms with Gasteiger partial charge in [0.05, 0.1) is 16.3 Å². The van der Waals surface area contributed by atoms with Gasteiger partial charge in [0.25, 0.3) is 11.6 Å². The molecule has 0 aliphatic carbocycles. The van der Waals surface area contributed by atoms with Crippen molar-refractivity contribution >= 4 is 28.7 Å². The number of anilines is 2. The number of fused-ring (bicyclic) bond motifs is 1. The largest absolute Gasteiger partial charge is 0.364 e. The van der Waals surface area contributed by atoms with Crippen LogP contribution >= 0.6 is 0 Å². The molecule has 0 saturated heterocycles. The molecule has 1 heterocycles. The molecule has 0 aromatic heterocycles. The van der Waals surface area contributed by atoms with Crippen LogP contribution < -0.4 is 16.4 Å². The summed E-state index contributed by atoms with van der Waals surface area (Å²) in [4.78, 5) is 23.0. The summed E-state index contributed by atoms with van der Waals surface area (Å²) in [5, 5.41) is 17.5. The zero-order valence-electron chi connectivity index (χ0n) is 13.2. The van der Waals surface area contributed by atoms with E-state index in [1.165, 1.54) is 0 Å². The summed E-state index contributed by atoms with van der Waals surface area (Å²) < 4.78 is 0. The summed E-state index contributed by atoms with van der Waals surface area (Å²) in [6, 6.07) is 10.8. The molecule has 2 aromatic carbocycles. The number of nitro groups is 1. The summed E-state index contributed by atoms with van der Waals surface area (Å²) in [5.74, 6) is -0.645. The summed E-state index contributed by atoms with van der Waals surface area (Å²) >= 11 is 0. The van der Waals surface area contributed by atoms with E-state index in [0.717, 1.165) is 5.56 Å². The second kappa shape index (κ2) is 5.69. The minimum atomic E-state index is -0.645. The van der Waals surface area contributed by atoms with Crippen LogP contribution in [0.25, 0.3) is 5.70 Å². The van der Waals surface area contributed by atoms with E-state index in [0.29, 0.717) is 28.2 Å². The van der Waals surface area contributed by atoms with Crippen molar-refractivity contribution in [2.24, 2.45) is 5.73 Å². The number of amides is 1. The number of primary amides is 1. The van der Waals surface area contributed by atoms with Crippen LogP contribution in [0.2, 0.25) is 0 Å². The molecule has 0 spiro atoms. The van der Waals surface area contributed by atoms with Crippen LogP contribution in [0.15, 0.2) is 42.1 Å². The fourth-order valence-electron chi connectivity index (χ4n) is 2.74. The van der Waals surface area contributed by atoms with Crippen molar-refractivity contribution in [1.29, 1.82) is 0 Å². The second-order valence-electron chi connectivity index (χ2n) is 5.58. The van der Waals surface area contributed by atoms with Crippen molar-refractivity contribution in [1.82, 2.24) is 0 Å². The van der Waals surface area contributed by atoms with Crippen LogP contribution in [0.5, 0.6) is 0 Å². The van der Waals surface area contributed by atoms with Crippen molar-refractivity contribution in [3.8, 4) is 0 Å². The lowest BCUT2D eigenvalue weighted by atomic mass is 10.0. The van der Waals surface area contributed by atoms with Crippen molar-refractivity contribution in [3.63, 3.8) is 0 Å². The third-order valence-corrected chi connectivity index (χ3v) is 4.06. The first-order chi connectivity index (χ1) is 11.4. The van der Waals surface area contributed by atoms with Crippen LogP contribution in [-0.4, -0.2) is 10.8 Å². The Balaban J connectivity index is 2.23. The Hall–Kier alpha value is -3.35. The number of nitrogens with two attached hydrogens (primary N) is 1. The lowest BCUT2D eigenvalue weighted by Gasteiger charge is -2.26. The summed E-state index contributed by atoms with van der Waals surface area (Å²) in [5.41, 5.74) is 8.87. The van der Waals surface area contributed by atoms with Gasteiger partial charge in [-0.2, -0.15) is 0 Å². The van der Waals surface area contributed by atoms with E-state index in [2.05, 4.69) is 10.6 Å². The Kier molecular flexibility index (Phi) is 3.69. The molecular weight excluding hydrogens is 308 g/mol. The predicted octanol–water partition coefficient (Wildman–Crippen LogP) is 2.90. The van der Waals surface area contributed by atoms with Crippen LogP contribution in [0.1, 0.15) is 16.7 Å². The van der Waals surface area contributed by atoms with Crippen molar-refractivity contribution < 1.29 is 9.72 Å². The van der Waals surface area contributed by atoms with Gasteiger partial charge in [0, 0.05) is 11.1 Å². The first-order valence-electron chi connectivity index (χ1n) is 7.32. The van der Waals surface area contributed by atoms with Crippen LogP contribution in [-0.2, 0) is 4.79 Å². The lowest BCUT2D eigenvalue weighted by molar-refractivity contribution is -0.384. The molecule has 24 heavy (non-hydrogen) atoms. The fourth-order valence-corrected chi connectivity index (χ4v) is 2.74. The highest BCUT2D eigenvalue weighted by Gasteiger charge is 2.30. The summed E-state index contributed by atoms with van der Waals surface area (Å²) in [6.07, 6.45) is 0. The molecule has 4 N–H and O–H groups in total. The molecular formula is C17H16N4O3. The minimum Gasteiger partial charge on any atom is -0.364 e. The zero-order chi connectivity index (χ0) is 17.4. The molecule has 0 bridgehead atoms. The highest BCUT2D eigenvalue weighted by molar-refractivity contribution is 6.09. The average Bonchev–Trinajstić information content (AvgIpc) is 2.55. The number of carbonyl (C=O) groups excluding carboxylic acids is 1. The Morgan fingerprint density at radius 3 is 2.42 bits per heavy atom. The fraction of sp³-hybridized carbons (Fsp3) is 0.118. The number of nitro benzene ring substituents is 1. The first-order valence-corrected chi connectivity index (χ1v) is 7.32. The number of rotatable bonds is 3. The second-order valence-corrected chi connectivity index (χ2v) is 5.58. The molecule has 0 saturated carbocycles. The van der Waals surface area contributed by atoms with Gasteiger partial charge in [-0.15, -0.1) is 0 Å². The van der Waals surface area contributed by atoms with Gasteiger partial charge in [0.2, 0.25) is 0 Å². The van der Waals surface area contributed by atoms with Crippen LogP contribution in [0.4, 0.5) is 17.1 Å². The molecule has 1 amide bonds. The molecule has 0 atom stereocenters. The van der Waals surface area contributed by atoms with Gasteiger partial charge in [-0.3, -0.25) is 14.9 Å². The predicted molar refractivity (Wildman–Crippen MR) is 92.4 cm³/mol. The van der Waals surface area contributed by atoms with E-state index >= 15 is 0 Å². The van der Waals surface area contributed by atoms with Crippen molar-refractivity contribution in [2.75, 3.05) is 10.6 Å². The normalized spacial score (nSPS) is 12.9. The maximum absolute atomic E-state index is 11.8. The molecule has 7 heteroatoms. The van der Waals surface area contributed by atoms with Gasteiger partial charge < -0.3 is 16.4 Å². The Morgan fingerprint density at radius 1 is 1.17 bits per heavy atom. The first kappa shape index (κ1) is 15.5. The molecule has 1 aliphatic rings. The summed E-state index contributed by atoms with van der Waals surface area (Å²) in [7, 11) is 0. The number of benzene rings is 2. The van der Waals surface area contributed by atoms with E-state index in [1.54, 1.807) is 32.0 Å². The zero-order valence-corrected chi connectivity index (χ0v) is 13.2. The molecule has 0 radical (unpaired) electrons. The van der Waals surface area contributed by atoms with Gasteiger partial charge in [-0.25, -0.2) is 0 Å². The third-order valence-electron chi connectivity index (χ3n) is 4.06. The molecule has 7 nitrogen and oxygen atoms in total. The van der Waals surface area contributed by atoms with Gasteiger partial charge in [0.15, 0.2) is 0 Å². The van der Waals surface area contributed by atoms with Crippen molar-refractivity contribution in [2.45, 2.75) is 13.8 Å². The van der Waals surface area contributed by atoms with E-state index in [4.69, 9.17) is 5.73 Å². The number of nitrogens with zero attached hydrogens (tertiary/aromatic N) is 1. The quantitative estimate of drug-likeness (QED) is 0.594. The molecule has 3 rings (SSSR count). The van der Waals surface area contributed by atoms with Gasteiger partial charge >= 0.3 is 0 Å². The van der Waals surface area contributed by atoms with E-state index in [9.17, 15) is 14.9 Å². The molecule has 2 aromatic rings. The van der Waals surface area contributed by atoms with E-state index < -0.39 is 10.8 Å². The van der Waals surface area contributed by atoms with Gasteiger partial charge in [-0.05, 0) is 25.5 Å². The molecule has 0 fully saturated rings. The standard InChI is InChI=1S/C17H16N4O3/c1-9-8-12-14(16(10(9)2)21(23)24)20-13(15(19-12)17(18)22)11-6-4-3-5-7-11/h3-8,19-20H,1-2H3,(H2,18,22). The number of hydrogen-bond acceptors (Lipinski definition) is 5. The average molecular weight is 324 g/mol. The minimum absolute atomic E-state index is 0.0190. The monoisotopic (exact) mass is 324 g/mol. The topological polar surface area (TPSA) is 110 Å². The summed E-state index contributed by atoms with van der Waals surface area (Å²) in [6.45, 7) is 3.48. The highest BCUT2D eigenvalue weighted by Crippen LogP contribution is 2.43. The smallest absolute Gasteiger partial charge is 0.297 e. The SMILES string of the molecule is Cc1cc2c(c([N+](=O)[O-])c1C)NC(c1ccccc1)=C(C(N)=O)N2. The van der Waals surface area contributed by atoms with E-state index in [-0.39, 0.29) is 11.4 Å². The maximum Gasteiger partial charge on any atom is 0.297 e. The number of nitrogens with one attached hydrogen (secondary N) is 2. The Labute approximate surface area is 138 Å². The number of carbonyl (C=O) groups is 1. The van der Waals surface area contributed by atoms with E-state index in [1.807, 2.05) is 18.2 Å². The van der Waals surface area contributed by atoms with Gasteiger partial charge in [-0.1, -0.05) is 30.3 Å². The Bertz CT molecular complexity index is 888. The van der Waals surface area contributed by atoms with Gasteiger partial charge in [0.1, 0.15) is 11.4 Å². The van der Waals surface area contributed by atoms with Crippen molar-refractivity contribution in [3.05, 3.63) is 68.9 Å². The number of aryl methyl sites for hydroxylation is 1. The molecule has 122 valence electrons. The maximum atomic E-state index is 11.8. The van der Waals surface area contributed by atoms with Crippen LogP contribution in [0.3, 0.4) is 0 Å². The molecule has 1 aliphatic heterocycles. The third kappa shape index (κ3) is 2.45.